The summed E-state index contributed by atoms with van der Waals surface area (Å²) in [4.78, 5) is 0. The minimum absolute atomic E-state index is 1.08. The predicted octanol–water partition coefficient (Wildman–Crippen LogP) is 1.77. The highest BCUT2D eigenvalue weighted by Gasteiger charge is 1.88. The highest BCUT2D eigenvalue weighted by molar-refractivity contribution is 5.31. The Morgan fingerprint density at radius 3 is 2.29 bits per heavy atom. The fraction of sp³-hybridized carbons (Fsp3) is 0.385. The van der Waals surface area contributed by atoms with Crippen LogP contribution in [0.5, 0.6) is 0 Å². The molecule has 0 amide bonds. The van der Waals surface area contributed by atoms with Crippen molar-refractivity contribution in [2.75, 3.05) is 0 Å². The third-order valence-corrected chi connectivity index (χ3v) is 2.05. The Morgan fingerprint density at radius 2 is 1.86 bits per heavy atom. The number of nitrogens with two attached hydrogens (primary N) is 1. The van der Waals surface area contributed by atoms with E-state index in [0.717, 1.165) is 11.6 Å². The number of benzene rings is 1. The van der Waals surface area contributed by atoms with Gasteiger partial charge in [0.25, 0.3) is 0 Å². The maximum atomic E-state index is 5.47. The van der Waals surface area contributed by atoms with E-state index in [1.165, 1.54) is 10.8 Å². The van der Waals surface area contributed by atoms with E-state index in [4.69, 9.17) is 5.73 Å². The molecule has 0 aliphatic rings. The van der Waals surface area contributed by atoms with Crippen molar-refractivity contribution in [1.29, 1.82) is 0 Å². The standard InChI is InChI=1S/C11H15N.C2H6/c1-3-9-5-6-11(8-12)10(4-2)7-9;1-2/h4-8H,3,12H2,1-2H3;1-2H3/b10-4-,11-8-;. The molecule has 1 heteroatoms. The van der Waals surface area contributed by atoms with E-state index in [0.29, 0.717) is 0 Å². The molecule has 0 radical (unpaired) electrons. The molecule has 1 rings (SSSR count). The monoisotopic (exact) mass is 191 g/mol. The molecule has 0 saturated carbocycles. The maximum absolute atomic E-state index is 5.47. The Balaban J connectivity index is 0.000000791. The Hall–Kier alpha value is -1.24. The Morgan fingerprint density at radius 1 is 1.21 bits per heavy atom. The summed E-state index contributed by atoms with van der Waals surface area (Å²) in [6.07, 6.45) is 4.80. The van der Waals surface area contributed by atoms with Gasteiger partial charge in [-0.25, -0.2) is 0 Å². The van der Waals surface area contributed by atoms with Gasteiger partial charge in [0, 0.05) is 6.20 Å². The van der Waals surface area contributed by atoms with E-state index in [1.54, 1.807) is 6.20 Å². The molecule has 0 bridgehead atoms. The van der Waals surface area contributed by atoms with Crippen molar-refractivity contribution in [3.63, 3.8) is 0 Å². The molecule has 1 nitrogen and oxygen atoms in total. The molecule has 0 aliphatic heterocycles. The molecular weight excluding hydrogens is 170 g/mol. The van der Waals surface area contributed by atoms with E-state index in [-0.39, 0.29) is 0 Å². The predicted molar refractivity (Wildman–Crippen MR) is 65.2 cm³/mol. The van der Waals surface area contributed by atoms with Gasteiger partial charge in [0.05, 0.1) is 0 Å². The summed E-state index contributed by atoms with van der Waals surface area (Å²) in [6, 6.07) is 6.36. The Labute approximate surface area is 87.0 Å². The van der Waals surface area contributed by atoms with Gasteiger partial charge in [0.15, 0.2) is 0 Å². The number of rotatable bonds is 1. The zero-order chi connectivity index (χ0) is 11.0. The SMILES string of the molecule is C/C=c1/cc(CC)cc/c1=C/N.CC. The van der Waals surface area contributed by atoms with Gasteiger partial charge in [-0.15, -0.1) is 0 Å². The number of hydrogen-bond donors (Lipinski definition) is 1. The maximum Gasteiger partial charge on any atom is 0.00174 e. The average molecular weight is 191 g/mol. The first-order chi connectivity index (χ1) is 6.81. The van der Waals surface area contributed by atoms with Crippen molar-refractivity contribution >= 4 is 12.3 Å². The second-order valence-corrected chi connectivity index (χ2v) is 2.77. The van der Waals surface area contributed by atoms with Crippen LogP contribution in [0, 0.1) is 0 Å². The Bertz CT molecular complexity index is 363. The average Bonchev–Trinajstić information content (AvgIpc) is 2.30. The zero-order valence-electron chi connectivity index (χ0n) is 9.67. The second-order valence-electron chi connectivity index (χ2n) is 2.77. The van der Waals surface area contributed by atoms with E-state index in [1.807, 2.05) is 20.8 Å². The third kappa shape index (κ3) is 3.25. The van der Waals surface area contributed by atoms with Gasteiger partial charge in [-0.3, -0.25) is 0 Å². The smallest absolute Gasteiger partial charge is 0.00174 e. The van der Waals surface area contributed by atoms with Crippen LogP contribution in [0.3, 0.4) is 0 Å². The largest absolute Gasteiger partial charge is 0.404 e. The van der Waals surface area contributed by atoms with Gasteiger partial charge in [-0.1, -0.05) is 45.0 Å². The summed E-state index contributed by atoms with van der Waals surface area (Å²) < 4.78 is 0. The van der Waals surface area contributed by atoms with Crippen LogP contribution in [0.4, 0.5) is 0 Å². The first-order valence-electron chi connectivity index (χ1n) is 5.29. The van der Waals surface area contributed by atoms with Crippen LogP contribution < -0.4 is 16.2 Å². The molecule has 0 unspecified atom stereocenters. The van der Waals surface area contributed by atoms with E-state index in [9.17, 15) is 0 Å². The van der Waals surface area contributed by atoms with Gasteiger partial charge >= 0.3 is 0 Å². The van der Waals surface area contributed by atoms with Crippen LogP contribution in [-0.2, 0) is 6.42 Å². The molecule has 0 spiro atoms. The van der Waals surface area contributed by atoms with Crippen molar-refractivity contribution in [3.05, 3.63) is 34.2 Å². The van der Waals surface area contributed by atoms with Gasteiger partial charge in [0.2, 0.25) is 0 Å². The van der Waals surface area contributed by atoms with Gasteiger partial charge < -0.3 is 5.73 Å². The molecule has 0 atom stereocenters. The van der Waals surface area contributed by atoms with Crippen LogP contribution >= 0.6 is 0 Å². The second kappa shape index (κ2) is 7.19. The van der Waals surface area contributed by atoms with E-state index in [2.05, 4.69) is 31.2 Å². The highest BCUT2D eigenvalue weighted by Crippen LogP contribution is 1.91. The lowest BCUT2D eigenvalue weighted by atomic mass is 10.1. The topological polar surface area (TPSA) is 26.0 Å². The summed E-state index contributed by atoms with van der Waals surface area (Å²) in [5.74, 6) is 0. The van der Waals surface area contributed by atoms with E-state index >= 15 is 0 Å². The molecular formula is C13H21N. The number of hydrogen-bond acceptors (Lipinski definition) is 1. The molecule has 0 fully saturated rings. The summed E-state index contributed by atoms with van der Waals surface area (Å²) in [5.41, 5.74) is 6.83. The minimum atomic E-state index is 1.08. The molecule has 0 saturated heterocycles. The van der Waals surface area contributed by atoms with Crippen LogP contribution in [0.1, 0.15) is 33.3 Å². The van der Waals surface area contributed by atoms with Crippen LogP contribution in [-0.4, -0.2) is 0 Å². The van der Waals surface area contributed by atoms with Crippen molar-refractivity contribution < 1.29 is 0 Å². The van der Waals surface area contributed by atoms with Crippen molar-refractivity contribution in [2.45, 2.75) is 34.1 Å². The molecule has 1 aromatic carbocycles. The van der Waals surface area contributed by atoms with Crippen molar-refractivity contribution in [1.82, 2.24) is 0 Å². The molecule has 1 aromatic rings. The number of aryl methyl sites for hydroxylation is 1. The molecule has 78 valence electrons. The fourth-order valence-electron chi connectivity index (χ4n) is 1.25. The minimum Gasteiger partial charge on any atom is -0.404 e. The van der Waals surface area contributed by atoms with E-state index < -0.39 is 0 Å². The lowest BCUT2D eigenvalue weighted by molar-refractivity contribution is 1.13. The highest BCUT2D eigenvalue weighted by atomic mass is 14.5. The first-order valence-corrected chi connectivity index (χ1v) is 5.29. The Kier molecular flexibility index (Phi) is 6.55. The molecule has 0 aromatic heterocycles. The van der Waals surface area contributed by atoms with Crippen LogP contribution in [0.25, 0.3) is 12.3 Å². The van der Waals surface area contributed by atoms with Crippen molar-refractivity contribution in [2.24, 2.45) is 5.73 Å². The lowest BCUT2D eigenvalue weighted by Gasteiger charge is -1.95. The fourth-order valence-corrected chi connectivity index (χ4v) is 1.25. The summed E-state index contributed by atoms with van der Waals surface area (Å²) in [7, 11) is 0. The normalized spacial score (nSPS) is 12.3. The van der Waals surface area contributed by atoms with Gasteiger partial charge in [-0.2, -0.15) is 0 Å². The van der Waals surface area contributed by atoms with Crippen LogP contribution in [0.15, 0.2) is 18.2 Å². The molecule has 2 N–H and O–H groups in total. The third-order valence-electron chi connectivity index (χ3n) is 2.05. The van der Waals surface area contributed by atoms with Gasteiger partial charge in [0.1, 0.15) is 0 Å². The van der Waals surface area contributed by atoms with Crippen molar-refractivity contribution in [3.8, 4) is 0 Å². The van der Waals surface area contributed by atoms with Crippen LogP contribution in [0.2, 0.25) is 0 Å². The zero-order valence-corrected chi connectivity index (χ0v) is 9.67. The molecule has 0 heterocycles. The summed E-state index contributed by atoms with van der Waals surface area (Å²) >= 11 is 0. The quantitative estimate of drug-likeness (QED) is 0.719. The first kappa shape index (κ1) is 12.8. The molecule has 0 aliphatic carbocycles. The lowest BCUT2D eigenvalue weighted by Crippen LogP contribution is -2.25. The molecule has 14 heavy (non-hydrogen) atoms. The van der Waals surface area contributed by atoms with Gasteiger partial charge in [-0.05, 0) is 29.3 Å². The summed E-state index contributed by atoms with van der Waals surface area (Å²) in [5, 5.41) is 2.33. The summed E-state index contributed by atoms with van der Waals surface area (Å²) in [6.45, 7) is 8.18.